The largest absolute Gasteiger partial charge is 0.324 e. The highest BCUT2D eigenvalue weighted by Gasteiger charge is 2.24. The number of rotatable bonds is 6. The predicted molar refractivity (Wildman–Crippen MR) is 126 cm³/mol. The van der Waals surface area contributed by atoms with Crippen LogP contribution in [-0.2, 0) is 24.2 Å². The van der Waals surface area contributed by atoms with Gasteiger partial charge < -0.3 is 5.32 Å². The molecule has 1 atom stereocenters. The van der Waals surface area contributed by atoms with Crippen LogP contribution in [0, 0.1) is 11.3 Å². The number of nitrogens with one attached hydrogen (secondary N) is 1. The number of para-hydroxylation sites is 1. The lowest BCUT2D eigenvalue weighted by Crippen LogP contribution is -2.27. The van der Waals surface area contributed by atoms with Gasteiger partial charge in [0.15, 0.2) is 5.16 Å². The van der Waals surface area contributed by atoms with Crippen LogP contribution in [0.5, 0.6) is 0 Å². The van der Waals surface area contributed by atoms with Crippen molar-refractivity contribution in [2.24, 2.45) is 0 Å². The smallest absolute Gasteiger partial charge is 0.263 e. The van der Waals surface area contributed by atoms with Crippen molar-refractivity contribution in [1.29, 1.82) is 5.26 Å². The van der Waals surface area contributed by atoms with Crippen molar-refractivity contribution in [3.8, 4) is 6.07 Å². The first-order valence-electron chi connectivity index (χ1n) is 10.2. The Morgan fingerprint density at radius 3 is 2.97 bits per heavy atom. The summed E-state index contributed by atoms with van der Waals surface area (Å²) in [6, 6.07) is 8.95. The van der Waals surface area contributed by atoms with E-state index in [1.165, 1.54) is 16.6 Å². The number of aryl methyl sites for hydroxylation is 2. The maximum absolute atomic E-state index is 13.3. The number of thioether (sulfide) groups is 1. The van der Waals surface area contributed by atoms with Gasteiger partial charge in [0.25, 0.3) is 5.56 Å². The standard InChI is InChI=1S/C23H22N4O2S2/c1-3-12-27-22(29)19-16-9-5-7-11-18(16)31-21(19)26-23(27)30-14(2)20(28)25-17-10-6-4-8-15(17)13-24/h3-4,6,8,10,14H,1,5,7,9,11-12H2,2H3,(H,25,28). The van der Waals surface area contributed by atoms with E-state index in [4.69, 9.17) is 4.98 Å². The Morgan fingerprint density at radius 2 is 2.19 bits per heavy atom. The van der Waals surface area contributed by atoms with Gasteiger partial charge in [-0.05, 0) is 50.3 Å². The van der Waals surface area contributed by atoms with Gasteiger partial charge in [0, 0.05) is 11.4 Å². The first kappa shape index (κ1) is 21.3. The van der Waals surface area contributed by atoms with Crippen molar-refractivity contribution in [3.63, 3.8) is 0 Å². The summed E-state index contributed by atoms with van der Waals surface area (Å²) in [5, 5.41) is 12.8. The van der Waals surface area contributed by atoms with Crippen molar-refractivity contribution in [3.05, 3.63) is 63.3 Å². The maximum Gasteiger partial charge on any atom is 0.263 e. The molecule has 1 unspecified atom stereocenters. The van der Waals surface area contributed by atoms with E-state index >= 15 is 0 Å². The van der Waals surface area contributed by atoms with E-state index in [0.29, 0.717) is 23.0 Å². The summed E-state index contributed by atoms with van der Waals surface area (Å²) in [5.41, 5.74) is 1.96. The molecule has 0 fully saturated rings. The minimum Gasteiger partial charge on any atom is -0.324 e. The summed E-state index contributed by atoms with van der Waals surface area (Å²) in [6.45, 7) is 5.88. The lowest BCUT2D eigenvalue weighted by Gasteiger charge is -2.15. The third-order valence-electron chi connectivity index (χ3n) is 5.31. The average molecular weight is 451 g/mol. The zero-order valence-electron chi connectivity index (χ0n) is 17.2. The first-order chi connectivity index (χ1) is 15.0. The van der Waals surface area contributed by atoms with Crippen molar-refractivity contribution >= 4 is 44.9 Å². The second-order valence-corrected chi connectivity index (χ2v) is 9.79. The third kappa shape index (κ3) is 4.16. The number of fused-ring (bicyclic) bond motifs is 3. The maximum atomic E-state index is 13.3. The van der Waals surface area contributed by atoms with Crippen LogP contribution < -0.4 is 10.9 Å². The Bertz CT molecular complexity index is 1270. The Labute approximate surface area is 188 Å². The van der Waals surface area contributed by atoms with Gasteiger partial charge in [-0.2, -0.15) is 5.26 Å². The Balaban J connectivity index is 1.66. The minimum atomic E-state index is -0.512. The summed E-state index contributed by atoms with van der Waals surface area (Å²) in [5.74, 6) is -0.252. The molecular formula is C23H22N4O2S2. The van der Waals surface area contributed by atoms with Gasteiger partial charge in [0.05, 0.1) is 21.9 Å². The average Bonchev–Trinajstić information content (AvgIpc) is 3.15. The van der Waals surface area contributed by atoms with Crippen LogP contribution in [0.4, 0.5) is 5.69 Å². The summed E-state index contributed by atoms with van der Waals surface area (Å²) in [6.07, 6.45) is 5.83. The molecule has 158 valence electrons. The predicted octanol–water partition coefficient (Wildman–Crippen LogP) is 4.51. The topological polar surface area (TPSA) is 87.8 Å². The molecule has 3 aromatic rings. The molecular weight excluding hydrogens is 428 g/mol. The summed E-state index contributed by atoms with van der Waals surface area (Å²) < 4.78 is 1.61. The Hall–Kier alpha value is -2.89. The second-order valence-electron chi connectivity index (χ2n) is 7.40. The lowest BCUT2D eigenvalue weighted by atomic mass is 9.97. The van der Waals surface area contributed by atoms with E-state index in [1.54, 1.807) is 53.2 Å². The zero-order chi connectivity index (χ0) is 22.0. The third-order valence-corrected chi connectivity index (χ3v) is 7.58. The Morgan fingerprint density at radius 1 is 1.42 bits per heavy atom. The molecule has 1 aliphatic rings. The molecule has 1 amide bonds. The van der Waals surface area contributed by atoms with Crippen LogP contribution in [0.15, 0.2) is 46.9 Å². The zero-order valence-corrected chi connectivity index (χ0v) is 18.8. The fraction of sp³-hybridized carbons (Fsp3) is 0.304. The highest BCUT2D eigenvalue weighted by Crippen LogP contribution is 2.35. The van der Waals surface area contributed by atoms with Gasteiger partial charge in [0.1, 0.15) is 10.9 Å². The van der Waals surface area contributed by atoms with Crippen molar-refractivity contribution in [2.45, 2.75) is 49.6 Å². The molecule has 1 aliphatic carbocycles. The normalized spacial score (nSPS) is 13.9. The summed E-state index contributed by atoms with van der Waals surface area (Å²) >= 11 is 2.84. The molecule has 0 radical (unpaired) electrons. The number of amides is 1. The number of nitrogens with zero attached hydrogens (tertiary/aromatic N) is 3. The number of benzene rings is 1. The van der Waals surface area contributed by atoms with Gasteiger partial charge in [-0.25, -0.2) is 4.98 Å². The number of aromatic nitrogens is 2. The lowest BCUT2D eigenvalue weighted by molar-refractivity contribution is -0.115. The SMILES string of the molecule is C=CCn1c(SC(C)C(=O)Nc2ccccc2C#N)nc2sc3c(c2c1=O)CCCC3. The number of anilines is 1. The van der Waals surface area contributed by atoms with E-state index < -0.39 is 5.25 Å². The van der Waals surface area contributed by atoms with Gasteiger partial charge >= 0.3 is 0 Å². The van der Waals surface area contributed by atoms with Crippen LogP contribution >= 0.6 is 23.1 Å². The van der Waals surface area contributed by atoms with E-state index in [-0.39, 0.29) is 11.5 Å². The molecule has 0 aliphatic heterocycles. The van der Waals surface area contributed by atoms with E-state index in [9.17, 15) is 14.9 Å². The van der Waals surface area contributed by atoms with E-state index in [1.807, 2.05) is 0 Å². The number of hydrogen-bond acceptors (Lipinski definition) is 6. The molecule has 1 N–H and O–H groups in total. The molecule has 2 aromatic heterocycles. The summed E-state index contributed by atoms with van der Waals surface area (Å²) in [4.78, 5) is 32.9. The number of carbonyl (C=O) groups is 1. The molecule has 6 nitrogen and oxygen atoms in total. The van der Waals surface area contributed by atoms with Gasteiger partial charge in [-0.1, -0.05) is 30.0 Å². The number of hydrogen-bond donors (Lipinski definition) is 1. The number of allylic oxidation sites excluding steroid dienone is 1. The fourth-order valence-electron chi connectivity index (χ4n) is 3.74. The van der Waals surface area contributed by atoms with E-state index in [0.717, 1.165) is 41.5 Å². The number of thiophene rings is 1. The Kier molecular flexibility index (Phi) is 6.25. The molecule has 31 heavy (non-hydrogen) atoms. The van der Waals surface area contributed by atoms with Crippen molar-refractivity contribution in [2.75, 3.05) is 5.32 Å². The number of carbonyl (C=O) groups excluding carboxylic acids is 1. The van der Waals surface area contributed by atoms with Crippen LogP contribution in [0.25, 0.3) is 10.2 Å². The highest BCUT2D eigenvalue weighted by atomic mass is 32.2. The molecule has 0 spiro atoms. The first-order valence-corrected chi connectivity index (χ1v) is 11.9. The van der Waals surface area contributed by atoms with Crippen LogP contribution in [0.2, 0.25) is 0 Å². The molecule has 8 heteroatoms. The van der Waals surface area contributed by atoms with Gasteiger partial charge in [-0.15, -0.1) is 17.9 Å². The molecule has 0 saturated carbocycles. The molecule has 4 rings (SSSR count). The quantitative estimate of drug-likeness (QED) is 0.339. The van der Waals surface area contributed by atoms with Crippen molar-refractivity contribution < 1.29 is 4.79 Å². The molecule has 2 heterocycles. The van der Waals surface area contributed by atoms with Crippen LogP contribution in [0.3, 0.4) is 0 Å². The van der Waals surface area contributed by atoms with Crippen LogP contribution in [0.1, 0.15) is 35.8 Å². The van der Waals surface area contributed by atoms with Crippen molar-refractivity contribution in [1.82, 2.24) is 9.55 Å². The van der Waals surface area contributed by atoms with Gasteiger partial charge in [0.2, 0.25) is 5.91 Å². The molecule has 1 aromatic carbocycles. The monoisotopic (exact) mass is 450 g/mol. The van der Waals surface area contributed by atoms with E-state index in [2.05, 4.69) is 18.0 Å². The van der Waals surface area contributed by atoms with Crippen LogP contribution in [-0.4, -0.2) is 20.7 Å². The fourth-order valence-corrected chi connectivity index (χ4v) is 5.96. The van der Waals surface area contributed by atoms with Gasteiger partial charge in [-0.3, -0.25) is 14.2 Å². The second kappa shape index (κ2) is 9.08. The summed E-state index contributed by atoms with van der Waals surface area (Å²) in [7, 11) is 0. The number of nitriles is 1. The highest BCUT2D eigenvalue weighted by molar-refractivity contribution is 8.00. The minimum absolute atomic E-state index is 0.0609. The molecule has 0 saturated heterocycles. The molecule has 0 bridgehead atoms.